The first-order valence-corrected chi connectivity index (χ1v) is 23.9. The van der Waals surface area contributed by atoms with Crippen molar-refractivity contribution in [2.24, 2.45) is 49.6 Å². The van der Waals surface area contributed by atoms with E-state index in [2.05, 4.69) is 34.6 Å². The SMILES string of the molecule is CCC1=C(C=O)C2=NC1=CC1=NC3=C(C4=NC(=CC5=NC(=C2)C(C)=C5C)C(C)C4CCC(=O)OCC=C(C)CCCC(C)CCCC(C)CCCC(C)C)C(O)(C(=O)OC)C(=O)C3=C1C. The quantitative estimate of drug-likeness (QED) is 0.0552. The van der Waals surface area contributed by atoms with Crippen molar-refractivity contribution >= 4 is 46.9 Å². The number of Topliss-reactive ketones (excluding diaryl/α,β-unsaturated/α-hetero) is 1. The van der Waals surface area contributed by atoms with Crippen molar-refractivity contribution in [1.82, 2.24) is 0 Å². The summed E-state index contributed by atoms with van der Waals surface area (Å²) in [6.45, 7) is 21.2. The van der Waals surface area contributed by atoms with E-state index in [1.165, 1.54) is 50.5 Å². The van der Waals surface area contributed by atoms with Gasteiger partial charge in [-0.1, -0.05) is 92.1 Å². The van der Waals surface area contributed by atoms with Crippen molar-refractivity contribution in [3.8, 4) is 0 Å². The number of rotatable bonds is 20. The van der Waals surface area contributed by atoms with E-state index in [0.717, 1.165) is 54.8 Å². The monoisotopic (exact) mass is 887 g/mol. The minimum Gasteiger partial charge on any atom is -0.466 e. The molecule has 348 valence electrons. The second-order valence-corrected chi connectivity index (χ2v) is 19.5. The van der Waals surface area contributed by atoms with Gasteiger partial charge in [0.15, 0.2) is 6.29 Å². The molecular weight excluding hydrogens is 817 g/mol. The number of allylic oxidation sites excluding steroid dienone is 11. The van der Waals surface area contributed by atoms with Crippen LogP contribution in [0.15, 0.2) is 112 Å². The lowest BCUT2D eigenvalue weighted by Gasteiger charge is -2.26. The number of aliphatic hydroxyl groups is 1. The van der Waals surface area contributed by atoms with Crippen molar-refractivity contribution in [3.05, 3.63) is 91.7 Å². The van der Waals surface area contributed by atoms with Crippen molar-refractivity contribution in [1.29, 1.82) is 0 Å². The Bertz CT molecular complexity index is 2390. The highest BCUT2D eigenvalue weighted by molar-refractivity contribution is 6.35. The summed E-state index contributed by atoms with van der Waals surface area (Å²) in [6.07, 6.45) is 20.1. The first-order valence-electron chi connectivity index (χ1n) is 23.9. The second-order valence-electron chi connectivity index (χ2n) is 19.5. The number of carbonyl (C=O) groups excluding carboxylic acids is 4. The van der Waals surface area contributed by atoms with Crippen molar-refractivity contribution < 1.29 is 33.8 Å². The Labute approximate surface area is 386 Å². The molecule has 5 heterocycles. The third kappa shape index (κ3) is 10.3. The molecule has 0 radical (unpaired) electrons. The summed E-state index contributed by atoms with van der Waals surface area (Å²) in [5.74, 6) is -0.965. The van der Waals surface area contributed by atoms with E-state index in [1.54, 1.807) is 13.0 Å². The maximum absolute atomic E-state index is 14.4. The number of esters is 2. The fourth-order valence-corrected chi connectivity index (χ4v) is 9.91. The van der Waals surface area contributed by atoms with Gasteiger partial charge < -0.3 is 14.6 Å². The van der Waals surface area contributed by atoms with Crippen molar-refractivity contribution in [3.63, 3.8) is 0 Å². The Hall–Kier alpha value is -5.16. The van der Waals surface area contributed by atoms with Crippen LogP contribution < -0.4 is 0 Å². The fraction of sp³-hybridized carbons (Fsp3) is 0.556. The van der Waals surface area contributed by atoms with Crippen LogP contribution in [0.25, 0.3) is 0 Å². The Kier molecular flexibility index (Phi) is 15.9. The maximum Gasteiger partial charge on any atom is 0.351 e. The minimum atomic E-state index is -2.72. The van der Waals surface area contributed by atoms with E-state index in [9.17, 15) is 24.3 Å². The second kappa shape index (κ2) is 21.0. The highest BCUT2D eigenvalue weighted by Gasteiger charge is 2.61. The lowest BCUT2D eigenvalue weighted by molar-refractivity contribution is -0.161. The van der Waals surface area contributed by atoms with E-state index in [-0.39, 0.29) is 53.9 Å². The molecule has 0 aromatic heterocycles. The van der Waals surface area contributed by atoms with Gasteiger partial charge >= 0.3 is 11.9 Å². The van der Waals surface area contributed by atoms with Gasteiger partial charge in [-0.3, -0.25) is 19.4 Å². The number of aldehydes is 1. The Morgan fingerprint density at radius 3 is 2.11 bits per heavy atom. The molecule has 11 nitrogen and oxygen atoms in total. The number of carbonyl (C=O) groups is 4. The Morgan fingerprint density at radius 2 is 1.46 bits per heavy atom. The van der Waals surface area contributed by atoms with Gasteiger partial charge in [0.05, 0.1) is 58.2 Å². The zero-order chi connectivity index (χ0) is 47.3. The topological polar surface area (TPSA) is 156 Å². The van der Waals surface area contributed by atoms with Gasteiger partial charge in [-0.15, -0.1) is 0 Å². The van der Waals surface area contributed by atoms with Crippen LogP contribution >= 0.6 is 0 Å². The summed E-state index contributed by atoms with van der Waals surface area (Å²) in [7, 11) is 1.12. The summed E-state index contributed by atoms with van der Waals surface area (Å²) in [5.41, 5.74) is 5.69. The predicted molar refractivity (Wildman–Crippen MR) is 259 cm³/mol. The zero-order valence-corrected chi connectivity index (χ0v) is 40.7. The molecule has 11 heteroatoms. The summed E-state index contributed by atoms with van der Waals surface area (Å²) in [4.78, 5) is 73.8. The van der Waals surface area contributed by atoms with Crippen LogP contribution in [0.1, 0.15) is 146 Å². The van der Waals surface area contributed by atoms with E-state index in [1.807, 2.05) is 45.9 Å². The minimum absolute atomic E-state index is 0.0365. The first-order chi connectivity index (χ1) is 30.9. The van der Waals surface area contributed by atoms with Crippen LogP contribution in [0.2, 0.25) is 0 Å². The van der Waals surface area contributed by atoms with Crippen LogP contribution in [0.3, 0.4) is 0 Å². The molecule has 5 atom stereocenters. The molecule has 5 aliphatic heterocycles. The number of hydrogen-bond donors (Lipinski definition) is 1. The van der Waals surface area contributed by atoms with Gasteiger partial charge in [0, 0.05) is 29.5 Å². The molecule has 0 aromatic carbocycles. The smallest absolute Gasteiger partial charge is 0.351 e. The lowest BCUT2D eigenvalue weighted by Crippen LogP contribution is -2.49. The van der Waals surface area contributed by atoms with Gasteiger partial charge in [-0.25, -0.2) is 19.8 Å². The molecule has 6 rings (SSSR count). The summed E-state index contributed by atoms with van der Waals surface area (Å²) in [5, 5.41) is 12.3. The molecule has 0 spiro atoms. The third-order valence-corrected chi connectivity index (χ3v) is 14.3. The fourth-order valence-electron chi connectivity index (χ4n) is 9.91. The zero-order valence-electron chi connectivity index (χ0n) is 40.7. The van der Waals surface area contributed by atoms with Gasteiger partial charge in [-0.05, 0) is 118 Å². The van der Waals surface area contributed by atoms with Gasteiger partial charge in [0.1, 0.15) is 6.61 Å². The van der Waals surface area contributed by atoms with Crippen LogP contribution in [-0.2, 0) is 28.7 Å². The highest BCUT2D eigenvalue weighted by Crippen LogP contribution is 2.49. The summed E-state index contributed by atoms with van der Waals surface area (Å²) in [6, 6.07) is 0. The van der Waals surface area contributed by atoms with Crippen LogP contribution in [0.5, 0.6) is 0 Å². The summed E-state index contributed by atoms with van der Waals surface area (Å²) >= 11 is 0. The molecular formula is C54H70N4O7. The van der Waals surface area contributed by atoms with E-state index in [0.29, 0.717) is 57.7 Å². The molecule has 0 amide bonds. The van der Waals surface area contributed by atoms with E-state index in [4.69, 9.17) is 29.4 Å². The maximum atomic E-state index is 14.4. The molecule has 0 saturated carbocycles. The third-order valence-electron chi connectivity index (χ3n) is 14.3. The highest BCUT2D eigenvalue weighted by atomic mass is 16.5. The average molecular weight is 887 g/mol. The van der Waals surface area contributed by atoms with Gasteiger partial charge in [0.2, 0.25) is 5.78 Å². The van der Waals surface area contributed by atoms with Gasteiger partial charge in [0.25, 0.3) is 5.60 Å². The molecule has 0 saturated heterocycles. The molecule has 65 heavy (non-hydrogen) atoms. The molecule has 0 aromatic rings. The first kappa shape index (κ1) is 49.3. The average Bonchev–Trinajstić information content (AvgIpc) is 3.99. The number of methoxy groups -OCH3 is 1. The number of nitrogens with zero attached hydrogens (tertiary/aromatic N) is 4. The molecule has 0 fully saturated rings. The Balaban J connectivity index is 1.21. The lowest BCUT2D eigenvalue weighted by atomic mass is 9.79. The van der Waals surface area contributed by atoms with E-state index >= 15 is 0 Å². The van der Waals surface area contributed by atoms with Crippen LogP contribution in [-0.4, -0.2) is 71.3 Å². The molecule has 1 N–H and O–H groups in total. The van der Waals surface area contributed by atoms with Crippen LogP contribution in [0.4, 0.5) is 0 Å². The van der Waals surface area contributed by atoms with Crippen molar-refractivity contribution in [2.45, 2.75) is 152 Å². The Morgan fingerprint density at radius 1 is 0.831 bits per heavy atom. The van der Waals surface area contributed by atoms with Gasteiger partial charge in [-0.2, -0.15) is 0 Å². The molecule has 5 unspecified atom stereocenters. The largest absolute Gasteiger partial charge is 0.466 e. The predicted octanol–water partition coefficient (Wildman–Crippen LogP) is 10.7. The van der Waals surface area contributed by atoms with Crippen molar-refractivity contribution in [2.75, 3.05) is 13.7 Å². The number of aliphatic imine (C=N–C) groups is 4. The number of ketones is 1. The standard InChI is InChI=1S/C54H70N4O7/c1-12-38-40(29-59)46-27-42-35(8)34(7)41(55-42)26-43-36(9)39(22-23-47(60)65-25-24-33(6)21-15-20-32(5)19-14-18-31(4)17-13-16-30(2)3)50(57-43)49-51-48(52(61)54(49,63)53(62)64-11)37(10)44(58-51)28-45(38)56-46/h24,26-32,36,39,63H,12-23,25H2,1-11H3. The van der Waals surface area contributed by atoms with Crippen LogP contribution in [0, 0.1) is 29.6 Å². The number of ether oxygens (including phenoxy) is 2. The molecule has 1 aliphatic carbocycles. The normalized spacial score (nSPS) is 23.7. The van der Waals surface area contributed by atoms with E-state index < -0.39 is 23.3 Å². The molecule has 8 bridgehead atoms. The number of fused-ring (bicyclic) bond motifs is 4. The molecule has 6 aliphatic rings. The number of hydrogen-bond acceptors (Lipinski definition) is 11. The summed E-state index contributed by atoms with van der Waals surface area (Å²) < 4.78 is 10.8.